The van der Waals surface area contributed by atoms with Gasteiger partial charge in [-0.3, -0.25) is 9.59 Å². The summed E-state index contributed by atoms with van der Waals surface area (Å²) in [7, 11) is 1.29. The van der Waals surface area contributed by atoms with Crippen LogP contribution in [-0.2, 0) is 16.0 Å². The van der Waals surface area contributed by atoms with Crippen LogP contribution in [0, 0.1) is 5.92 Å². The summed E-state index contributed by atoms with van der Waals surface area (Å²) in [6.45, 7) is 4.27. The molecule has 104 valence electrons. The summed E-state index contributed by atoms with van der Waals surface area (Å²) in [5.41, 5.74) is 1.77. The zero-order chi connectivity index (χ0) is 14.3. The lowest BCUT2D eigenvalue weighted by atomic mass is 10.0. The van der Waals surface area contributed by atoms with Gasteiger partial charge in [0.2, 0.25) is 0 Å². The van der Waals surface area contributed by atoms with Gasteiger partial charge < -0.3 is 10.1 Å². The van der Waals surface area contributed by atoms with E-state index < -0.39 is 5.97 Å². The standard InChI is InChI=1S/C15H21NO3/c1-11(2)4-5-12-6-8-13(9-7-12)15(18)16-10-14(17)19-3/h6-9,11H,4-5,10H2,1-3H3,(H,16,18). The molecule has 0 atom stereocenters. The number of carbonyl (C=O) groups is 2. The molecule has 19 heavy (non-hydrogen) atoms. The molecule has 0 saturated heterocycles. The first-order valence-electron chi connectivity index (χ1n) is 6.47. The van der Waals surface area contributed by atoms with Crippen LogP contribution < -0.4 is 5.32 Å². The van der Waals surface area contributed by atoms with Gasteiger partial charge in [0.1, 0.15) is 6.54 Å². The number of benzene rings is 1. The number of rotatable bonds is 6. The van der Waals surface area contributed by atoms with E-state index in [-0.39, 0.29) is 12.5 Å². The molecule has 1 amide bonds. The first-order valence-corrected chi connectivity index (χ1v) is 6.47. The summed E-state index contributed by atoms with van der Waals surface area (Å²) in [6.07, 6.45) is 2.15. The van der Waals surface area contributed by atoms with Crippen LogP contribution in [0.4, 0.5) is 0 Å². The second kappa shape index (κ2) is 7.56. The van der Waals surface area contributed by atoms with E-state index in [0.29, 0.717) is 11.5 Å². The molecule has 1 aromatic carbocycles. The van der Waals surface area contributed by atoms with E-state index in [1.807, 2.05) is 12.1 Å². The second-order valence-electron chi connectivity index (χ2n) is 4.89. The predicted molar refractivity (Wildman–Crippen MR) is 74.0 cm³/mol. The van der Waals surface area contributed by atoms with Crippen LogP contribution in [0.5, 0.6) is 0 Å². The lowest BCUT2D eigenvalue weighted by molar-refractivity contribution is -0.139. The molecule has 1 aromatic rings. The Morgan fingerprint density at radius 1 is 1.21 bits per heavy atom. The van der Waals surface area contributed by atoms with Crippen molar-refractivity contribution < 1.29 is 14.3 Å². The highest BCUT2D eigenvalue weighted by Crippen LogP contribution is 2.10. The first-order chi connectivity index (χ1) is 9.02. The highest BCUT2D eigenvalue weighted by atomic mass is 16.5. The van der Waals surface area contributed by atoms with Crippen molar-refractivity contribution in [1.29, 1.82) is 0 Å². The van der Waals surface area contributed by atoms with E-state index in [1.54, 1.807) is 12.1 Å². The van der Waals surface area contributed by atoms with Crippen molar-refractivity contribution in [3.05, 3.63) is 35.4 Å². The minimum absolute atomic E-state index is 0.107. The van der Waals surface area contributed by atoms with Crippen LogP contribution >= 0.6 is 0 Å². The molecule has 0 aromatic heterocycles. The number of amides is 1. The Morgan fingerprint density at radius 3 is 2.37 bits per heavy atom. The topological polar surface area (TPSA) is 55.4 Å². The van der Waals surface area contributed by atoms with Crippen molar-refractivity contribution >= 4 is 11.9 Å². The minimum Gasteiger partial charge on any atom is -0.468 e. The summed E-state index contributed by atoms with van der Waals surface area (Å²) >= 11 is 0. The smallest absolute Gasteiger partial charge is 0.325 e. The van der Waals surface area contributed by atoms with Crippen molar-refractivity contribution in [1.82, 2.24) is 5.32 Å². The molecule has 0 unspecified atom stereocenters. The molecule has 4 heteroatoms. The third-order valence-corrected chi connectivity index (χ3v) is 2.85. The van der Waals surface area contributed by atoms with Gasteiger partial charge in [0.25, 0.3) is 5.91 Å². The molecule has 1 N–H and O–H groups in total. The molecule has 1 rings (SSSR count). The number of methoxy groups -OCH3 is 1. The summed E-state index contributed by atoms with van der Waals surface area (Å²) in [5.74, 6) is -0.0502. The van der Waals surface area contributed by atoms with E-state index in [4.69, 9.17) is 0 Å². The molecule has 0 spiro atoms. The highest BCUT2D eigenvalue weighted by Gasteiger charge is 2.07. The maximum atomic E-state index is 11.7. The molecule has 0 aliphatic rings. The first kappa shape index (κ1) is 15.2. The Bertz CT molecular complexity index is 424. The van der Waals surface area contributed by atoms with Crippen molar-refractivity contribution in [3.63, 3.8) is 0 Å². The zero-order valence-electron chi connectivity index (χ0n) is 11.7. The fourth-order valence-corrected chi connectivity index (χ4v) is 1.60. The number of hydrogen-bond donors (Lipinski definition) is 1. The molecule has 0 heterocycles. The van der Waals surface area contributed by atoms with Crippen molar-refractivity contribution in [2.75, 3.05) is 13.7 Å². The van der Waals surface area contributed by atoms with E-state index in [2.05, 4.69) is 23.9 Å². The van der Waals surface area contributed by atoms with Gasteiger partial charge in [-0.25, -0.2) is 0 Å². The second-order valence-corrected chi connectivity index (χ2v) is 4.89. The SMILES string of the molecule is COC(=O)CNC(=O)c1ccc(CCC(C)C)cc1. The number of aryl methyl sites for hydroxylation is 1. The van der Waals surface area contributed by atoms with Gasteiger partial charge >= 0.3 is 5.97 Å². The van der Waals surface area contributed by atoms with Gasteiger partial charge in [-0.15, -0.1) is 0 Å². The number of carbonyl (C=O) groups excluding carboxylic acids is 2. The molecule has 0 aliphatic carbocycles. The van der Waals surface area contributed by atoms with E-state index in [9.17, 15) is 9.59 Å². The fourth-order valence-electron chi connectivity index (χ4n) is 1.60. The van der Waals surface area contributed by atoms with E-state index >= 15 is 0 Å². The Labute approximate surface area is 114 Å². The van der Waals surface area contributed by atoms with Gasteiger partial charge in [0.05, 0.1) is 7.11 Å². The normalized spacial score (nSPS) is 10.3. The van der Waals surface area contributed by atoms with Gasteiger partial charge in [-0.05, 0) is 36.5 Å². The third-order valence-electron chi connectivity index (χ3n) is 2.85. The Hall–Kier alpha value is -1.84. The molecule has 0 bridgehead atoms. The molecule has 4 nitrogen and oxygen atoms in total. The van der Waals surface area contributed by atoms with Crippen LogP contribution in [0.25, 0.3) is 0 Å². The average Bonchev–Trinajstić information content (AvgIpc) is 2.42. The summed E-state index contributed by atoms with van der Waals surface area (Å²) < 4.78 is 4.46. The Balaban J connectivity index is 2.51. The lowest BCUT2D eigenvalue weighted by Gasteiger charge is -2.07. The van der Waals surface area contributed by atoms with Gasteiger partial charge in [0, 0.05) is 5.56 Å². The van der Waals surface area contributed by atoms with Crippen molar-refractivity contribution in [3.8, 4) is 0 Å². The fraction of sp³-hybridized carbons (Fsp3) is 0.467. The average molecular weight is 263 g/mol. The molecule has 0 aliphatic heterocycles. The quantitative estimate of drug-likeness (QED) is 0.800. The van der Waals surface area contributed by atoms with Gasteiger partial charge in [0.15, 0.2) is 0 Å². The Kier molecular flexibility index (Phi) is 6.06. The maximum Gasteiger partial charge on any atom is 0.325 e. The highest BCUT2D eigenvalue weighted by molar-refractivity contribution is 5.95. The third kappa shape index (κ3) is 5.55. The molecule has 0 fully saturated rings. The van der Waals surface area contributed by atoms with Crippen LogP contribution in [0.3, 0.4) is 0 Å². The zero-order valence-corrected chi connectivity index (χ0v) is 11.7. The van der Waals surface area contributed by atoms with Gasteiger partial charge in [-0.2, -0.15) is 0 Å². The molecular formula is C15H21NO3. The Morgan fingerprint density at radius 2 is 1.84 bits per heavy atom. The molecule has 0 radical (unpaired) electrons. The summed E-state index contributed by atoms with van der Waals surface area (Å²) in [4.78, 5) is 22.6. The van der Waals surface area contributed by atoms with Crippen molar-refractivity contribution in [2.24, 2.45) is 5.92 Å². The van der Waals surface area contributed by atoms with Crippen LogP contribution in [0.1, 0.15) is 36.2 Å². The predicted octanol–water partition coefficient (Wildman–Crippen LogP) is 2.18. The molecule has 0 saturated carbocycles. The van der Waals surface area contributed by atoms with Crippen molar-refractivity contribution in [2.45, 2.75) is 26.7 Å². The number of esters is 1. The summed E-state index contributed by atoms with van der Waals surface area (Å²) in [5, 5.41) is 2.51. The summed E-state index contributed by atoms with van der Waals surface area (Å²) in [6, 6.07) is 7.47. The lowest BCUT2D eigenvalue weighted by Crippen LogP contribution is -2.30. The van der Waals surface area contributed by atoms with Crippen LogP contribution in [-0.4, -0.2) is 25.5 Å². The monoisotopic (exact) mass is 263 g/mol. The number of ether oxygens (including phenoxy) is 1. The van der Waals surface area contributed by atoms with E-state index in [0.717, 1.165) is 12.8 Å². The minimum atomic E-state index is -0.457. The number of nitrogens with one attached hydrogen (secondary N) is 1. The molecular weight excluding hydrogens is 242 g/mol. The van der Waals surface area contributed by atoms with Crippen LogP contribution in [0.2, 0.25) is 0 Å². The van der Waals surface area contributed by atoms with Crippen LogP contribution in [0.15, 0.2) is 24.3 Å². The maximum absolute atomic E-state index is 11.7. The number of hydrogen-bond acceptors (Lipinski definition) is 3. The largest absolute Gasteiger partial charge is 0.468 e. The van der Waals surface area contributed by atoms with Gasteiger partial charge in [-0.1, -0.05) is 26.0 Å². The van der Waals surface area contributed by atoms with E-state index in [1.165, 1.54) is 12.7 Å².